The fourth-order valence-electron chi connectivity index (χ4n) is 1.16. The van der Waals surface area contributed by atoms with E-state index in [4.69, 9.17) is 5.11 Å². The van der Waals surface area contributed by atoms with Crippen molar-refractivity contribution in [2.75, 3.05) is 0 Å². The van der Waals surface area contributed by atoms with Crippen LogP contribution in [0.1, 0.15) is 19.3 Å². The first-order chi connectivity index (χ1) is 4.51. The van der Waals surface area contributed by atoms with Gasteiger partial charge >= 0.3 is 5.97 Å². The molecule has 0 unspecified atom stereocenters. The lowest BCUT2D eigenvalue weighted by atomic mass is 10.1. The lowest BCUT2D eigenvalue weighted by Gasteiger charge is -2.05. The molecule has 0 heterocycles. The highest BCUT2D eigenvalue weighted by Gasteiger charge is 2.42. The van der Waals surface area contributed by atoms with E-state index in [-0.39, 0.29) is 12.8 Å². The minimum atomic E-state index is -2.73. The zero-order chi connectivity index (χ0) is 7.78. The highest BCUT2D eigenvalue weighted by atomic mass is 19.3. The Morgan fingerprint density at radius 3 is 2.40 bits per heavy atom. The molecule has 1 aliphatic carbocycles. The van der Waals surface area contributed by atoms with Gasteiger partial charge in [-0.15, -0.1) is 0 Å². The Hall–Kier alpha value is -0.670. The van der Waals surface area contributed by atoms with Crippen molar-refractivity contribution in [3.63, 3.8) is 0 Å². The first-order valence-electron chi connectivity index (χ1n) is 3.12. The Labute approximate surface area is 56.8 Å². The summed E-state index contributed by atoms with van der Waals surface area (Å²) in [5.41, 5.74) is 0. The molecular formula is C6H8F2O2. The third-order valence-electron chi connectivity index (χ3n) is 1.75. The summed E-state index contributed by atoms with van der Waals surface area (Å²) in [6.45, 7) is 0. The van der Waals surface area contributed by atoms with Crippen LogP contribution in [0.3, 0.4) is 0 Å². The second-order valence-corrected chi connectivity index (χ2v) is 2.63. The molecule has 1 aliphatic rings. The molecule has 1 fully saturated rings. The molecule has 2 nitrogen and oxygen atoms in total. The zero-order valence-corrected chi connectivity index (χ0v) is 5.31. The quantitative estimate of drug-likeness (QED) is 0.615. The van der Waals surface area contributed by atoms with Gasteiger partial charge in [-0.1, -0.05) is 0 Å². The number of hydrogen-bond acceptors (Lipinski definition) is 1. The number of aliphatic carboxylic acids is 1. The van der Waals surface area contributed by atoms with Gasteiger partial charge in [-0.25, -0.2) is 8.78 Å². The van der Waals surface area contributed by atoms with Crippen molar-refractivity contribution in [3.05, 3.63) is 0 Å². The van der Waals surface area contributed by atoms with Gasteiger partial charge in [0.15, 0.2) is 0 Å². The topological polar surface area (TPSA) is 37.3 Å². The molecule has 0 saturated heterocycles. The Morgan fingerprint density at radius 2 is 2.20 bits per heavy atom. The van der Waals surface area contributed by atoms with Gasteiger partial charge in [-0.3, -0.25) is 4.79 Å². The molecular weight excluding hydrogens is 142 g/mol. The average Bonchev–Trinajstić information content (AvgIpc) is 2.10. The maximum atomic E-state index is 12.3. The molecule has 1 N–H and O–H groups in total. The molecule has 10 heavy (non-hydrogen) atoms. The van der Waals surface area contributed by atoms with Crippen LogP contribution in [0.5, 0.6) is 0 Å². The molecule has 0 bridgehead atoms. The molecule has 1 saturated carbocycles. The lowest BCUT2D eigenvalue weighted by Crippen LogP contribution is -2.14. The summed E-state index contributed by atoms with van der Waals surface area (Å²) in [6, 6.07) is 0. The van der Waals surface area contributed by atoms with Crippen LogP contribution >= 0.6 is 0 Å². The minimum absolute atomic E-state index is 0.113. The van der Waals surface area contributed by atoms with E-state index in [1.807, 2.05) is 0 Å². The van der Waals surface area contributed by atoms with Crippen LogP contribution in [-0.2, 0) is 4.79 Å². The number of carboxylic acid groups (broad SMARTS) is 1. The van der Waals surface area contributed by atoms with E-state index in [2.05, 4.69) is 0 Å². The number of rotatable bonds is 1. The van der Waals surface area contributed by atoms with Crippen molar-refractivity contribution in [2.24, 2.45) is 5.92 Å². The van der Waals surface area contributed by atoms with Crippen molar-refractivity contribution in [3.8, 4) is 0 Å². The molecule has 58 valence electrons. The summed E-state index contributed by atoms with van der Waals surface area (Å²) in [5.74, 6) is -4.66. The van der Waals surface area contributed by atoms with Gasteiger partial charge in [0.25, 0.3) is 0 Å². The highest BCUT2D eigenvalue weighted by molar-refractivity contribution is 5.70. The number of halogens is 2. The molecule has 0 aliphatic heterocycles. The molecule has 0 radical (unpaired) electrons. The summed E-state index contributed by atoms with van der Waals surface area (Å²) < 4.78 is 24.6. The second-order valence-electron chi connectivity index (χ2n) is 2.63. The smallest absolute Gasteiger partial charge is 0.306 e. The number of hydrogen-bond donors (Lipinski definition) is 1. The molecule has 0 aromatic heterocycles. The largest absolute Gasteiger partial charge is 0.481 e. The van der Waals surface area contributed by atoms with Crippen LogP contribution in [-0.4, -0.2) is 17.0 Å². The predicted octanol–water partition coefficient (Wildman–Crippen LogP) is 1.51. The summed E-state index contributed by atoms with van der Waals surface area (Å²) in [6.07, 6.45) is -0.644. The van der Waals surface area contributed by atoms with Gasteiger partial charge in [0.2, 0.25) is 5.92 Å². The molecule has 0 aromatic carbocycles. The molecule has 0 aromatic rings. The Balaban J connectivity index is 2.51. The zero-order valence-electron chi connectivity index (χ0n) is 5.31. The molecule has 4 heteroatoms. The molecule has 1 atom stereocenters. The minimum Gasteiger partial charge on any atom is -0.481 e. The van der Waals surface area contributed by atoms with E-state index in [1.165, 1.54) is 0 Å². The van der Waals surface area contributed by atoms with E-state index < -0.39 is 24.2 Å². The Morgan fingerprint density at radius 1 is 1.60 bits per heavy atom. The van der Waals surface area contributed by atoms with E-state index >= 15 is 0 Å². The van der Waals surface area contributed by atoms with Gasteiger partial charge in [-0.05, 0) is 6.42 Å². The second kappa shape index (κ2) is 2.18. The van der Waals surface area contributed by atoms with Gasteiger partial charge in [0.1, 0.15) is 0 Å². The Bertz CT molecular complexity index is 156. The summed E-state index contributed by atoms with van der Waals surface area (Å²) in [4.78, 5) is 10.2. The summed E-state index contributed by atoms with van der Waals surface area (Å²) in [5, 5.41) is 8.31. The third kappa shape index (κ3) is 1.43. The third-order valence-corrected chi connectivity index (χ3v) is 1.75. The molecule has 0 spiro atoms. The normalized spacial score (nSPS) is 30.4. The van der Waals surface area contributed by atoms with E-state index in [1.54, 1.807) is 0 Å². The number of alkyl halides is 2. The first kappa shape index (κ1) is 7.44. The Kier molecular flexibility index (Phi) is 1.62. The van der Waals surface area contributed by atoms with Crippen LogP contribution < -0.4 is 0 Å². The lowest BCUT2D eigenvalue weighted by molar-refractivity contribution is -0.142. The van der Waals surface area contributed by atoms with E-state index in [9.17, 15) is 13.6 Å². The fourth-order valence-corrected chi connectivity index (χ4v) is 1.16. The molecule has 0 amide bonds. The summed E-state index contributed by atoms with van der Waals surface area (Å²) >= 11 is 0. The van der Waals surface area contributed by atoms with Crippen LogP contribution in [0.15, 0.2) is 0 Å². The SMILES string of the molecule is O=C(O)[C@@H]1CCC(F)(F)C1. The van der Waals surface area contributed by atoms with Crippen LogP contribution in [0.2, 0.25) is 0 Å². The fraction of sp³-hybridized carbons (Fsp3) is 0.833. The number of carbonyl (C=O) groups is 1. The van der Waals surface area contributed by atoms with Gasteiger partial charge in [0, 0.05) is 12.8 Å². The monoisotopic (exact) mass is 150 g/mol. The van der Waals surface area contributed by atoms with Crippen molar-refractivity contribution < 1.29 is 18.7 Å². The van der Waals surface area contributed by atoms with Crippen LogP contribution in [0.4, 0.5) is 8.78 Å². The van der Waals surface area contributed by atoms with Crippen LogP contribution in [0, 0.1) is 5.92 Å². The van der Waals surface area contributed by atoms with E-state index in [0.29, 0.717) is 0 Å². The van der Waals surface area contributed by atoms with Crippen molar-refractivity contribution in [2.45, 2.75) is 25.2 Å². The molecule has 1 rings (SSSR count). The predicted molar refractivity (Wildman–Crippen MR) is 29.9 cm³/mol. The first-order valence-corrected chi connectivity index (χ1v) is 3.12. The van der Waals surface area contributed by atoms with E-state index in [0.717, 1.165) is 0 Å². The standard InChI is InChI=1S/C6H8F2O2/c7-6(8)2-1-4(3-6)5(9)10/h4H,1-3H2,(H,9,10)/t4-/m1/s1. The van der Waals surface area contributed by atoms with Gasteiger partial charge in [0.05, 0.1) is 5.92 Å². The van der Waals surface area contributed by atoms with Crippen molar-refractivity contribution in [1.29, 1.82) is 0 Å². The maximum absolute atomic E-state index is 12.3. The maximum Gasteiger partial charge on any atom is 0.306 e. The van der Waals surface area contributed by atoms with Gasteiger partial charge in [-0.2, -0.15) is 0 Å². The highest BCUT2D eigenvalue weighted by Crippen LogP contribution is 2.38. The summed E-state index contributed by atoms with van der Waals surface area (Å²) in [7, 11) is 0. The number of carboxylic acids is 1. The van der Waals surface area contributed by atoms with Crippen molar-refractivity contribution >= 4 is 5.97 Å². The van der Waals surface area contributed by atoms with Crippen molar-refractivity contribution in [1.82, 2.24) is 0 Å². The van der Waals surface area contributed by atoms with Gasteiger partial charge < -0.3 is 5.11 Å². The van der Waals surface area contributed by atoms with Crippen LogP contribution in [0.25, 0.3) is 0 Å². The average molecular weight is 150 g/mol.